The summed E-state index contributed by atoms with van der Waals surface area (Å²) in [5.74, 6) is -0.101. The predicted octanol–water partition coefficient (Wildman–Crippen LogP) is 8.03. The Hall–Kier alpha value is -2.98. The van der Waals surface area contributed by atoms with Gasteiger partial charge in [0.1, 0.15) is 13.2 Å². The maximum absolute atomic E-state index is 13.0. The van der Waals surface area contributed by atoms with Crippen LogP contribution in [0.3, 0.4) is 0 Å². The van der Waals surface area contributed by atoms with Crippen molar-refractivity contribution in [2.45, 2.75) is 27.4 Å². The Kier molecular flexibility index (Phi) is 9.84. The number of ether oxygens (including phenoxy) is 2. The van der Waals surface area contributed by atoms with Gasteiger partial charge in [-0.3, -0.25) is 19.3 Å². The van der Waals surface area contributed by atoms with Gasteiger partial charge in [0.25, 0.3) is 11.1 Å². The zero-order chi connectivity index (χ0) is 29.0. The number of halogens is 3. The van der Waals surface area contributed by atoms with Gasteiger partial charge in [0.05, 0.1) is 16.0 Å². The van der Waals surface area contributed by atoms with E-state index in [1.807, 2.05) is 39.0 Å². The standard InChI is InChI=1S/C29H25BrCl2N2O5S/c1-4-38-24-11-18(10-22(30)27(24)39-15-19-5-6-20(31)13-23(19)32)12-25-28(36)34(29(37)40-25)14-26(35)33-21-8-16(2)7-17(3)9-21/h5-13H,4,14-15H2,1-3H3,(H,33,35)/b25-12-. The van der Waals surface area contributed by atoms with Crippen LogP contribution >= 0.6 is 50.9 Å². The Morgan fingerprint density at radius 3 is 2.45 bits per heavy atom. The largest absolute Gasteiger partial charge is 0.490 e. The molecule has 11 heteroatoms. The van der Waals surface area contributed by atoms with E-state index in [-0.39, 0.29) is 18.1 Å². The van der Waals surface area contributed by atoms with Crippen molar-refractivity contribution < 1.29 is 23.9 Å². The summed E-state index contributed by atoms with van der Waals surface area (Å²) in [5, 5.41) is 3.25. The predicted molar refractivity (Wildman–Crippen MR) is 163 cm³/mol. The van der Waals surface area contributed by atoms with Crippen molar-refractivity contribution in [2.24, 2.45) is 0 Å². The van der Waals surface area contributed by atoms with E-state index in [9.17, 15) is 14.4 Å². The maximum Gasteiger partial charge on any atom is 0.294 e. The highest BCUT2D eigenvalue weighted by Gasteiger charge is 2.36. The van der Waals surface area contributed by atoms with Crippen molar-refractivity contribution in [3.63, 3.8) is 0 Å². The molecule has 208 valence electrons. The van der Waals surface area contributed by atoms with Crippen LogP contribution in [0.2, 0.25) is 10.0 Å². The number of thioether (sulfide) groups is 1. The average molecular weight is 664 g/mol. The monoisotopic (exact) mass is 662 g/mol. The second kappa shape index (κ2) is 13.1. The minimum Gasteiger partial charge on any atom is -0.490 e. The third-order valence-electron chi connectivity index (χ3n) is 5.70. The van der Waals surface area contributed by atoms with E-state index in [0.717, 1.165) is 33.4 Å². The third-order valence-corrected chi connectivity index (χ3v) is 7.78. The molecule has 3 aromatic rings. The molecule has 0 aromatic heterocycles. The fourth-order valence-corrected chi connectivity index (χ4v) is 5.92. The zero-order valence-electron chi connectivity index (χ0n) is 21.8. The summed E-state index contributed by atoms with van der Waals surface area (Å²) in [5.41, 5.74) is 3.95. The number of rotatable bonds is 9. The van der Waals surface area contributed by atoms with Gasteiger partial charge in [0.15, 0.2) is 11.5 Å². The number of imide groups is 1. The number of amides is 3. The first-order valence-electron chi connectivity index (χ1n) is 12.2. The van der Waals surface area contributed by atoms with Gasteiger partial charge in [-0.1, -0.05) is 35.3 Å². The van der Waals surface area contributed by atoms with Crippen molar-refractivity contribution in [3.05, 3.63) is 90.2 Å². The van der Waals surface area contributed by atoms with Crippen LogP contribution in [0, 0.1) is 13.8 Å². The quantitative estimate of drug-likeness (QED) is 0.233. The Morgan fingerprint density at radius 1 is 1.05 bits per heavy atom. The van der Waals surface area contributed by atoms with Crippen molar-refractivity contribution >= 4 is 79.7 Å². The number of carbonyl (C=O) groups is 3. The molecule has 3 aromatic carbocycles. The number of carbonyl (C=O) groups excluding carboxylic acids is 3. The van der Waals surface area contributed by atoms with Gasteiger partial charge in [-0.25, -0.2) is 0 Å². The summed E-state index contributed by atoms with van der Waals surface area (Å²) >= 11 is 16.6. The number of anilines is 1. The topological polar surface area (TPSA) is 84.9 Å². The molecule has 0 unspecified atom stereocenters. The molecule has 3 amide bonds. The van der Waals surface area contributed by atoms with Crippen LogP contribution in [0.5, 0.6) is 11.5 Å². The van der Waals surface area contributed by atoms with Crippen LogP contribution in [0.15, 0.2) is 57.9 Å². The lowest BCUT2D eigenvalue weighted by atomic mass is 10.1. The van der Waals surface area contributed by atoms with E-state index in [4.69, 9.17) is 32.7 Å². The molecule has 0 radical (unpaired) electrons. The molecular weight excluding hydrogens is 639 g/mol. The summed E-state index contributed by atoms with van der Waals surface area (Å²) in [6.45, 7) is 5.86. The molecule has 0 spiro atoms. The van der Waals surface area contributed by atoms with Gasteiger partial charge in [-0.05, 0) is 108 Å². The summed E-state index contributed by atoms with van der Waals surface area (Å²) in [4.78, 5) is 39.4. The van der Waals surface area contributed by atoms with E-state index in [1.54, 1.807) is 36.4 Å². The van der Waals surface area contributed by atoms with Gasteiger partial charge < -0.3 is 14.8 Å². The SMILES string of the molecule is CCOc1cc(/C=C2\SC(=O)N(CC(=O)Nc3cc(C)cc(C)c3)C2=O)cc(Br)c1OCc1ccc(Cl)cc1Cl. The second-order valence-electron chi connectivity index (χ2n) is 8.98. The molecule has 1 fully saturated rings. The van der Waals surface area contributed by atoms with E-state index >= 15 is 0 Å². The van der Waals surface area contributed by atoms with Gasteiger partial charge in [-0.15, -0.1) is 0 Å². The summed E-state index contributed by atoms with van der Waals surface area (Å²) in [6.07, 6.45) is 1.58. The maximum atomic E-state index is 13.0. The highest BCUT2D eigenvalue weighted by molar-refractivity contribution is 9.10. The first kappa shape index (κ1) is 30.0. The first-order chi connectivity index (χ1) is 19.0. The Labute approximate surface area is 254 Å². The van der Waals surface area contributed by atoms with Crippen LogP contribution in [-0.4, -0.2) is 35.1 Å². The number of hydrogen-bond acceptors (Lipinski definition) is 6. The smallest absolute Gasteiger partial charge is 0.294 e. The second-order valence-corrected chi connectivity index (χ2v) is 11.7. The normalized spacial score (nSPS) is 14.2. The van der Waals surface area contributed by atoms with Crippen LogP contribution < -0.4 is 14.8 Å². The van der Waals surface area contributed by atoms with Crippen LogP contribution in [-0.2, 0) is 16.2 Å². The Balaban J connectivity index is 1.50. The number of hydrogen-bond donors (Lipinski definition) is 1. The molecule has 1 N–H and O–H groups in total. The van der Waals surface area contributed by atoms with Crippen molar-refractivity contribution in [3.8, 4) is 11.5 Å². The summed E-state index contributed by atoms with van der Waals surface area (Å²) in [6, 6.07) is 14.3. The van der Waals surface area contributed by atoms with Crippen LogP contribution in [0.1, 0.15) is 29.2 Å². The fraction of sp³-hybridized carbons (Fsp3) is 0.207. The summed E-state index contributed by atoms with van der Waals surface area (Å²) < 4.78 is 12.4. The van der Waals surface area contributed by atoms with Crippen LogP contribution in [0.25, 0.3) is 6.08 Å². The molecule has 1 heterocycles. The van der Waals surface area contributed by atoms with E-state index in [2.05, 4.69) is 21.2 Å². The number of aryl methyl sites for hydroxylation is 2. The molecule has 1 aliphatic rings. The molecule has 7 nitrogen and oxygen atoms in total. The fourth-order valence-electron chi connectivity index (χ4n) is 4.04. The molecule has 0 aliphatic carbocycles. The molecule has 1 saturated heterocycles. The van der Waals surface area contributed by atoms with Gasteiger partial charge in [0.2, 0.25) is 5.91 Å². The van der Waals surface area contributed by atoms with Crippen molar-refractivity contribution in [1.82, 2.24) is 4.90 Å². The molecular formula is C29H25BrCl2N2O5S. The number of nitrogens with one attached hydrogen (secondary N) is 1. The van der Waals surface area contributed by atoms with Crippen molar-refractivity contribution in [2.75, 3.05) is 18.5 Å². The zero-order valence-corrected chi connectivity index (χ0v) is 25.8. The molecule has 40 heavy (non-hydrogen) atoms. The lowest BCUT2D eigenvalue weighted by Gasteiger charge is -2.15. The Morgan fingerprint density at radius 2 is 1.77 bits per heavy atom. The molecule has 0 atom stereocenters. The van der Waals surface area contributed by atoms with Gasteiger partial charge >= 0.3 is 0 Å². The van der Waals surface area contributed by atoms with Crippen LogP contribution in [0.4, 0.5) is 10.5 Å². The van der Waals surface area contributed by atoms with Gasteiger partial charge in [0, 0.05) is 21.3 Å². The molecule has 0 saturated carbocycles. The first-order valence-corrected chi connectivity index (χ1v) is 14.6. The van der Waals surface area contributed by atoms with E-state index < -0.39 is 17.1 Å². The molecule has 1 aliphatic heterocycles. The highest BCUT2D eigenvalue weighted by Crippen LogP contribution is 2.40. The minimum atomic E-state index is -0.544. The number of nitrogens with zero attached hydrogens (tertiary/aromatic N) is 1. The van der Waals surface area contributed by atoms with E-state index in [0.29, 0.717) is 43.9 Å². The molecule has 4 rings (SSSR count). The Bertz CT molecular complexity index is 1510. The highest BCUT2D eigenvalue weighted by atomic mass is 79.9. The average Bonchev–Trinajstić information content (AvgIpc) is 3.11. The number of benzene rings is 3. The summed E-state index contributed by atoms with van der Waals surface area (Å²) in [7, 11) is 0. The lowest BCUT2D eigenvalue weighted by molar-refractivity contribution is -0.127. The third kappa shape index (κ3) is 7.40. The molecule has 0 bridgehead atoms. The minimum absolute atomic E-state index is 0.178. The van der Waals surface area contributed by atoms with Crippen molar-refractivity contribution in [1.29, 1.82) is 0 Å². The van der Waals surface area contributed by atoms with Gasteiger partial charge in [-0.2, -0.15) is 0 Å². The lowest BCUT2D eigenvalue weighted by Crippen LogP contribution is -2.36. The van der Waals surface area contributed by atoms with E-state index in [1.165, 1.54) is 0 Å².